The van der Waals surface area contributed by atoms with Crippen LogP contribution in [0.4, 0.5) is 0 Å². The second-order valence-electron chi connectivity index (χ2n) is 5.91. The van der Waals surface area contributed by atoms with Gasteiger partial charge >= 0.3 is 0 Å². The topological polar surface area (TPSA) is 50.2 Å². The fourth-order valence-electron chi connectivity index (χ4n) is 2.35. The van der Waals surface area contributed by atoms with Gasteiger partial charge in [0.2, 0.25) is 5.91 Å². The summed E-state index contributed by atoms with van der Waals surface area (Å²) < 4.78 is 1.65. The number of carbonyl (C=O) groups excluding carboxylic acids is 1. The molecule has 0 saturated carbocycles. The summed E-state index contributed by atoms with van der Waals surface area (Å²) in [5.74, 6) is -0.0259. The van der Waals surface area contributed by atoms with Crippen molar-refractivity contribution in [3.63, 3.8) is 0 Å². The highest BCUT2D eigenvalue weighted by Gasteiger charge is 2.15. The highest BCUT2D eigenvalue weighted by molar-refractivity contribution is 5.75. The molecule has 22 heavy (non-hydrogen) atoms. The second kappa shape index (κ2) is 7.22. The van der Waals surface area contributed by atoms with Crippen LogP contribution in [0.3, 0.4) is 0 Å². The Kier molecular flexibility index (Phi) is 5.33. The Hall–Kier alpha value is -2.14. The minimum atomic E-state index is -0.0259. The van der Waals surface area contributed by atoms with E-state index in [-0.39, 0.29) is 18.5 Å². The van der Waals surface area contributed by atoms with Crippen molar-refractivity contribution in [2.24, 2.45) is 0 Å². The van der Waals surface area contributed by atoms with Gasteiger partial charge in [-0.15, -0.1) is 0 Å². The zero-order valence-electron chi connectivity index (χ0n) is 13.7. The summed E-state index contributed by atoms with van der Waals surface area (Å²) >= 11 is 0. The van der Waals surface area contributed by atoms with Crippen molar-refractivity contribution in [2.75, 3.05) is 20.6 Å². The number of benzene rings is 1. The number of aromatic nitrogens is 2. The van der Waals surface area contributed by atoms with Crippen LogP contribution in [0, 0.1) is 13.8 Å². The van der Waals surface area contributed by atoms with Gasteiger partial charge in [-0.25, -0.2) is 0 Å². The molecular formula is C17H24N4O. The molecule has 0 aliphatic heterocycles. The molecule has 0 unspecified atom stereocenters. The Morgan fingerprint density at radius 2 is 1.91 bits per heavy atom. The predicted molar refractivity (Wildman–Crippen MR) is 87.6 cm³/mol. The van der Waals surface area contributed by atoms with Crippen molar-refractivity contribution in [1.29, 1.82) is 0 Å². The standard InChI is InChI=1S/C17H24N4O/c1-13-5-7-15(8-6-13)16(20(3)4)10-18-17(22)12-21-11-14(2)9-19-21/h5-9,11,16H,10,12H2,1-4H3,(H,18,22)/t16-/m1/s1. The molecule has 1 amide bonds. The van der Waals surface area contributed by atoms with Crippen LogP contribution in [0.1, 0.15) is 22.7 Å². The number of rotatable bonds is 6. The van der Waals surface area contributed by atoms with E-state index in [9.17, 15) is 4.79 Å². The van der Waals surface area contributed by atoms with Crippen LogP contribution >= 0.6 is 0 Å². The first-order chi connectivity index (χ1) is 10.5. The molecule has 2 rings (SSSR count). The molecule has 0 spiro atoms. The predicted octanol–water partition coefficient (Wildman–Crippen LogP) is 1.92. The highest BCUT2D eigenvalue weighted by atomic mass is 16.2. The molecule has 0 bridgehead atoms. The van der Waals surface area contributed by atoms with Crippen molar-refractivity contribution in [3.05, 3.63) is 53.3 Å². The zero-order valence-corrected chi connectivity index (χ0v) is 13.7. The van der Waals surface area contributed by atoms with E-state index < -0.39 is 0 Å². The molecular weight excluding hydrogens is 276 g/mol. The lowest BCUT2D eigenvalue weighted by molar-refractivity contribution is -0.122. The third-order valence-electron chi connectivity index (χ3n) is 3.65. The molecule has 1 N–H and O–H groups in total. The minimum Gasteiger partial charge on any atom is -0.353 e. The van der Waals surface area contributed by atoms with Gasteiger partial charge in [-0.05, 0) is 39.1 Å². The van der Waals surface area contributed by atoms with E-state index in [2.05, 4.69) is 46.5 Å². The first kappa shape index (κ1) is 16.2. The first-order valence-corrected chi connectivity index (χ1v) is 7.44. The van der Waals surface area contributed by atoms with Crippen molar-refractivity contribution >= 4 is 5.91 Å². The second-order valence-corrected chi connectivity index (χ2v) is 5.91. The maximum Gasteiger partial charge on any atom is 0.241 e. The zero-order chi connectivity index (χ0) is 16.1. The summed E-state index contributed by atoms with van der Waals surface area (Å²) in [5, 5.41) is 7.12. The Morgan fingerprint density at radius 3 is 2.45 bits per heavy atom. The van der Waals surface area contributed by atoms with Crippen LogP contribution in [0.2, 0.25) is 0 Å². The average Bonchev–Trinajstić information content (AvgIpc) is 2.86. The van der Waals surface area contributed by atoms with Gasteiger partial charge in [-0.2, -0.15) is 5.10 Å². The number of hydrogen-bond donors (Lipinski definition) is 1. The summed E-state index contributed by atoms with van der Waals surface area (Å²) in [6, 6.07) is 8.58. The third-order valence-corrected chi connectivity index (χ3v) is 3.65. The van der Waals surface area contributed by atoms with Crippen LogP contribution in [0.15, 0.2) is 36.7 Å². The van der Waals surface area contributed by atoms with E-state index >= 15 is 0 Å². The van der Waals surface area contributed by atoms with Gasteiger partial charge in [0.05, 0.1) is 12.2 Å². The van der Waals surface area contributed by atoms with E-state index in [1.807, 2.05) is 27.2 Å². The Labute approximate surface area is 131 Å². The van der Waals surface area contributed by atoms with Crippen LogP contribution < -0.4 is 5.32 Å². The van der Waals surface area contributed by atoms with Gasteiger partial charge in [-0.1, -0.05) is 29.8 Å². The largest absolute Gasteiger partial charge is 0.353 e. The van der Waals surface area contributed by atoms with E-state index in [1.54, 1.807) is 10.9 Å². The molecule has 118 valence electrons. The van der Waals surface area contributed by atoms with Crippen LogP contribution in [-0.2, 0) is 11.3 Å². The molecule has 1 aromatic carbocycles. The fourth-order valence-corrected chi connectivity index (χ4v) is 2.35. The molecule has 1 heterocycles. The van der Waals surface area contributed by atoms with E-state index in [0.29, 0.717) is 6.54 Å². The molecule has 0 fully saturated rings. The Bertz CT molecular complexity index is 616. The van der Waals surface area contributed by atoms with Gasteiger partial charge in [0.15, 0.2) is 0 Å². The number of amides is 1. The molecule has 5 heteroatoms. The highest BCUT2D eigenvalue weighted by Crippen LogP contribution is 2.17. The van der Waals surface area contributed by atoms with Crippen molar-refractivity contribution < 1.29 is 4.79 Å². The minimum absolute atomic E-state index is 0.0259. The van der Waals surface area contributed by atoms with Gasteiger partial charge in [0.1, 0.15) is 6.54 Å². The Morgan fingerprint density at radius 1 is 1.23 bits per heavy atom. The van der Waals surface area contributed by atoms with Gasteiger partial charge < -0.3 is 10.2 Å². The maximum absolute atomic E-state index is 12.0. The number of nitrogens with one attached hydrogen (secondary N) is 1. The number of nitrogens with zero attached hydrogens (tertiary/aromatic N) is 3. The van der Waals surface area contributed by atoms with Crippen LogP contribution in [0.25, 0.3) is 0 Å². The molecule has 0 saturated heterocycles. The summed E-state index contributed by atoms with van der Waals surface area (Å²) in [6.45, 7) is 4.86. The van der Waals surface area contributed by atoms with E-state index in [4.69, 9.17) is 0 Å². The van der Waals surface area contributed by atoms with Gasteiger partial charge in [0, 0.05) is 12.7 Å². The lowest BCUT2D eigenvalue weighted by Crippen LogP contribution is -2.36. The fraction of sp³-hybridized carbons (Fsp3) is 0.412. The van der Waals surface area contributed by atoms with Crippen molar-refractivity contribution in [3.8, 4) is 0 Å². The van der Waals surface area contributed by atoms with Gasteiger partial charge in [0.25, 0.3) is 0 Å². The number of hydrogen-bond acceptors (Lipinski definition) is 3. The van der Waals surface area contributed by atoms with Gasteiger partial charge in [-0.3, -0.25) is 9.48 Å². The van der Waals surface area contributed by atoms with E-state index in [1.165, 1.54) is 11.1 Å². The van der Waals surface area contributed by atoms with Crippen molar-refractivity contribution in [1.82, 2.24) is 20.0 Å². The normalized spacial score (nSPS) is 12.4. The smallest absolute Gasteiger partial charge is 0.241 e. The quantitative estimate of drug-likeness (QED) is 0.887. The summed E-state index contributed by atoms with van der Waals surface area (Å²) in [6.07, 6.45) is 3.62. The summed E-state index contributed by atoms with van der Waals surface area (Å²) in [7, 11) is 4.04. The van der Waals surface area contributed by atoms with Crippen molar-refractivity contribution in [2.45, 2.75) is 26.4 Å². The van der Waals surface area contributed by atoms with E-state index in [0.717, 1.165) is 5.56 Å². The monoisotopic (exact) mass is 300 g/mol. The SMILES string of the molecule is Cc1ccc([C@@H](CNC(=O)Cn2cc(C)cn2)N(C)C)cc1. The molecule has 1 aromatic heterocycles. The summed E-state index contributed by atoms with van der Waals surface area (Å²) in [5.41, 5.74) is 3.49. The summed E-state index contributed by atoms with van der Waals surface area (Å²) in [4.78, 5) is 14.2. The molecule has 1 atom stereocenters. The molecule has 2 aromatic rings. The lowest BCUT2D eigenvalue weighted by atomic mass is 10.0. The Balaban J connectivity index is 1.94. The maximum atomic E-state index is 12.0. The average molecular weight is 300 g/mol. The van der Waals surface area contributed by atoms with Crippen LogP contribution in [-0.4, -0.2) is 41.2 Å². The van der Waals surface area contributed by atoms with Crippen LogP contribution in [0.5, 0.6) is 0 Å². The number of carbonyl (C=O) groups is 1. The number of aryl methyl sites for hydroxylation is 2. The number of likely N-dealkylation sites (N-methyl/N-ethyl adjacent to an activating group) is 1. The molecule has 5 nitrogen and oxygen atoms in total. The molecule has 0 radical (unpaired) electrons. The third kappa shape index (κ3) is 4.43. The molecule has 0 aliphatic carbocycles. The first-order valence-electron chi connectivity index (χ1n) is 7.44. The molecule has 0 aliphatic rings. The lowest BCUT2D eigenvalue weighted by Gasteiger charge is -2.25.